The van der Waals surface area contributed by atoms with Crippen LogP contribution in [0, 0.1) is 0 Å². The van der Waals surface area contributed by atoms with Gasteiger partial charge in [0.05, 0.1) is 12.7 Å². The van der Waals surface area contributed by atoms with E-state index in [0.717, 1.165) is 5.56 Å². The summed E-state index contributed by atoms with van der Waals surface area (Å²) in [6.07, 6.45) is 0.371. The summed E-state index contributed by atoms with van der Waals surface area (Å²) in [5, 5.41) is 0.651. The number of hydrogen-bond acceptors (Lipinski definition) is 3. The van der Waals surface area contributed by atoms with E-state index in [0.29, 0.717) is 22.9 Å². The molecule has 0 saturated carbocycles. The van der Waals surface area contributed by atoms with Gasteiger partial charge in [-0.25, -0.2) is 4.79 Å². The Morgan fingerprint density at radius 3 is 2.50 bits per heavy atom. The Morgan fingerprint density at radius 2 is 2.00 bits per heavy atom. The fourth-order valence-electron chi connectivity index (χ4n) is 1.38. The van der Waals surface area contributed by atoms with E-state index in [1.807, 2.05) is 0 Å². The molecule has 1 rings (SSSR count). The first-order chi connectivity index (χ1) is 7.63. The van der Waals surface area contributed by atoms with Gasteiger partial charge in [0.2, 0.25) is 0 Å². The number of rotatable bonds is 4. The largest absolute Gasteiger partial charge is 0.465 e. The number of Topliss-reactive ketones (excluding diaryl/α,β-unsaturated/α-hetero) is 1. The highest BCUT2D eigenvalue weighted by Gasteiger charge is 2.16. The van der Waals surface area contributed by atoms with Crippen LogP contribution in [0.5, 0.6) is 0 Å². The first kappa shape index (κ1) is 12.9. The molecule has 0 saturated heterocycles. The van der Waals surface area contributed by atoms with Crippen molar-refractivity contribution in [3.63, 3.8) is 0 Å². The molecule has 3 nitrogen and oxygen atoms in total. The molecule has 1 aromatic carbocycles. The number of esters is 1. The molecule has 16 heavy (non-hydrogen) atoms. The number of ether oxygens (including phenoxy) is 1. The normalized spacial score (nSPS) is 9.94. The average Bonchev–Trinajstić information content (AvgIpc) is 2.36. The minimum absolute atomic E-state index is 0.0526. The highest BCUT2D eigenvalue weighted by Crippen LogP contribution is 2.17. The van der Waals surface area contributed by atoms with Gasteiger partial charge in [-0.05, 0) is 17.7 Å². The van der Waals surface area contributed by atoms with Gasteiger partial charge in [-0.1, -0.05) is 28.9 Å². The summed E-state index contributed by atoms with van der Waals surface area (Å²) >= 11 is 3.31. The van der Waals surface area contributed by atoms with Gasteiger partial charge in [-0.3, -0.25) is 4.79 Å². The summed E-state index contributed by atoms with van der Waals surface area (Å²) in [5.41, 5.74) is 1.73. The third-order valence-electron chi connectivity index (χ3n) is 2.27. The van der Waals surface area contributed by atoms with Crippen molar-refractivity contribution in [1.82, 2.24) is 0 Å². The van der Waals surface area contributed by atoms with Crippen LogP contribution in [0.25, 0.3) is 0 Å². The van der Waals surface area contributed by atoms with Gasteiger partial charge in [0.25, 0.3) is 0 Å². The molecular weight excluding hydrogens is 272 g/mol. The third kappa shape index (κ3) is 2.70. The molecule has 0 fully saturated rings. The van der Waals surface area contributed by atoms with Crippen molar-refractivity contribution < 1.29 is 14.3 Å². The molecule has 0 heterocycles. The Hall–Kier alpha value is -1.16. The fraction of sp³-hybridized carbons (Fsp3) is 0.333. The number of carbonyl (C=O) groups is 2. The molecule has 0 aliphatic carbocycles. The van der Waals surface area contributed by atoms with Crippen LogP contribution in [-0.4, -0.2) is 18.9 Å². The number of ketones is 1. The molecule has 0 aliphatic rings. The molecule has 0 amide bonds. The molecule has 86 valence electrons. The van der Waals surface area contributed by atoms with E-state index in [-0.39, 0.29) is 5.78 Å². The molecular formula is C12H13BrO3. The minimum atomic E-state index is -0.474. The van der Waals surface area contributed by atoms with Crippen molar-refractivity contribution in [2.75, 3.05) is 7.11 Å². The first-order valence-corrected chi connectivity index (χ1v) is 6.06. The molecule has 0 spiro atoms. The molecule has 4 heteroatoms. The van der Waals surface area contributed by atoms with Gasteiger partial charge in [0.15, 0.2) is 5.78 Å². The van der Waals surface area contributed by atoms with E-state index in [1.54, 1.807) is 25.1 Å². The smallest absolute Gasteiger partial charge is 0.338 e. The van der Waals surface area contributed by atoms with Gasteiger partial charge in [0, 0.05) is 17.3 Å². The molecule has 0 atom stereocenters. The monoisotopic (exact) mass is 284 g/mol. The topological polar surface area (TPSA) is 43.4 Å². The zero-order valence-corrected chi connectivity index (χ0v) is 10.8. The van der Waals surface area contributed by atoms with Crippen LogP contribution >= 0.6 is 15.9 Å². The SMILES string of the molecule is CCC(=O)c1cc(CBr)ccc1C(=O)OC. The van der Waals surface area contributed by atoms with E-state index >= 15 is 0 Å². The molecule has 0 radical (unpaired) electrons. The van der Waals surface area contributed by atoms with Crippen LogP contribution < -0.4 is 0 Å². The second-order valence-electron chi connectivity index (χ2n) is 3.28. The van der Waals surface area contributed by atoms with E-state index in [2.05, 4.69) is 20.7 Å². The maximum atomic E-state index is 11.7. The summed E-state index contributed by atoms with van der Waals surface area (Å²) in [5.74, 6) is -0.527. The maximum absolute atomic E-state index is 11.7. The Kier molecular flexibility index (Phi) is 4.68. The van der Waals surface area contributed by atoms with E-state index in [1.165, 1.54) is 7.11 Å². The number of hydrogen-bond donors (Lipinski definition) is 0. The van der Waals surface area contributed by atoms with Gasteiger partial charge in [-0.15, -0.1) is 0 Å². The van der Waals surface area contributed by atoms with Crippen LogP contribution in [0.3, 0.4) is 0 Å². The highest BCUT2D eigenvalue weighted by molar-refractivity contribution is 9.08. The predicted molar refractivity (Wildman–Crippen MR) is 65.0 cm³/mol. The van der Waals surface area contributed by atoms with E-state index in [4.69, 9.17) is 0 Å². The molecule has 0 aromatic heterocycles. The summed E-state index contributed by atoms with van der Waals surface area (Å²) in [7, 11) is 1.31. The van der Waals surface area contributed by atoms with Crippen molar-refractivity contribution in [3.05, 3.63) is 34.9 Å². The lowest BCUT2D eigenvalue weighted by atomic mass is 10.00. The molecule has 0 aliphatic heterocycles. The number of carbonyl (C=O) groups excluding carboxylic acids is 2. The van der Waals surface area contributed by atoms with Crippen LogP contribution in [0.2, 0.25) is 0 Å². The maximum Gasteiger partial charge on any atom is 0.338 e. The van der Waals surface area contributed by atoms with Gasteiger partial charge in [-0.2, -0.15) is 0 Å². The van der Waals surface area contributed by atoms with E-state index < -0.39 is 5.97 Å². The number of halogens is 1. The Morgan fingerprint density at radius 1 is 1.31 bits per heavy atom. The van der Waals surface area contributed by atoms with Crippen molar-refractivity contribution in [1.29, 1.82) is 0 Å². The van der Waals surface area contributed by atoms with Gasteiger partial charge in [0.1, 0.15) is 0 Å². The lowest BCUT2D eigenvalue weighted by molar-refractivity contribution is 0.0597. The second-order valence-corrected chi connectivity index (χ2v) is 3.84. The van der Waals surface area contributed by atoms with Crippen molar-refractivity contribution in [2.24, 2.45) is 0 Å². The highest BCUT2D eigenvalue weighted by atomic mass is 79.9. The summed E-state index contributed by atoms with van der Waals surface area (Å²) in [4.78, 5) is 23.2. The number of methoxy groups -OCH3 is 1. The third-order valence-corrected chi connectivity index (χ3v) is 2.91. The van der Waals surface area contributed by atoms with Crippen molar-refractivity contribution >= 4 is 27.7 Å². The predicted octanol–water partition coefficient (Wildman–Crippen LogP) is 2.96. The quantitative estimate of drug-likeness (QED) is 0.485. The first-order valence-electron chi connectivity index (χ1n) is 4.94. The van der Waals surface area contributed by atoms with E-state index in [9.17, 15) is 9.59 Å². The molecule has 0 bridgehead atoms. The zero-order chi connectivity index (χ0) is 12.1. The number of alkyl halides is 1. The van der Waals surface area contributed by atoms with Crippen LogP contribution in [0.15, 0.2) is 18.2 Å². The van der Waals surface area contributed by atoms with Gasteiger partial charge >= 0.3 is 5.97 Å². The Bertz CT molecular complexity index is 413. The van der Waals surface area contributed by atoms with Crippen LogP contribution in [0.1, 0.15) is 39.6 Å². The fourth-order valence-corrected chi connectivity index (χ4v) is 1.73. The summed E-state index contributed by atoms with van der Waals surface area (Å²) < 4.78 is 4.64. The summed E-state index contributed by atoms with van der Waals surface area (Å²) in [6.45, 7) is 1.77. The minimum Gasteiger partial charge on any atom is -0.465 e. The van der Waals surface area contributed by atoms with Crippen LogP contribution in [-0.2, 0) is 10.1 Å². The van der Waals surface area contributed by atoms with Crippen LogP contribution in [0.4, 0.5) is 0 Å². The second kappa shape index (κ2) is 5.80. The molecule has 0 N–H and O–H groups in total. The average molecular weight is 285 g/mol. The standard InChI is InChI=1S/C12H13BrO3/c1-3-11(14)10-6-8(7-13)4-5-9(10)12(15)16-2/h4-6H,3,7H2,1-2H3. The lowest BCUT2D eigenvalue weighted by Gasteiger charge is -2.07. The zero-order valence-electron chi connectivity index (χ0n) is 9.25. The Labute approximate surface area is 103 Å². The van der Waals surface area contributed by atoms with Crippen molar-refractivity contribution in [2.45, 2.75) is 18.7 Å². The lowest BCUT2D eigenvalue weighted by Crippen LogP contribution is -2.10. The molecule has 0 unspecified atom stereocenters. The van der Waals surface area contributed by atoms with Crippen molar-refractivity contribution in [3.8, 4) is 0 Å². The van der Waals surface area contributed by atoms with Gasteiger partial charge < -0.3 is 4.74 Å². The Balaban J connectivity index is 3.26. The summed E-state index contributed by atoms with van der Waals surface area (Å²) in [6, 6.07) is 5.16. The molecule has 1 aromatic rings. The number of benzene rings is 1.